The molecule has 0 unspecified atom stereocenters. The van der Waals surface area contributed by atoms with Crippen LogP contribution >= 0.6 is 24.0 Å². The van der Waals surface area contributed by atoms with Crippen LogP contribution in [0.1, 0.15) is 12.5 Å². The van der Waals surface area contributed by atoms with Crippen LogP contribution in [0.25, 0.3) is 0 Å². The lowest BCUT2D eigenvalue weighted by atomic mass is 10.2. The molecule has 0 aliphatic heterocycles. The van der Waals surface area contributed by atoms with Crippen molar-refractivity contribution in [2.75, 3.05) is 40.0 Å². The second-order valence-electron chi connectivity index (χ2n) is 5.77. The molecular formula is C21H30IN3O3. The zero-order valence-corrected chi connectivity index (χ0v) is 18.8. The van der Waals surface area contributed by atoms with Crippen molar-refractivity contribution in [1.29, 1.82) is 0 Å². The van der Waals surface area contributed by atoms with Gasteiger partial charge in [-0.25, -0.2) is 4.99 Å². The molecule has 0 aromatic heterocycles. The van der Waals surface area contributed by atoms with Crippen LogP contribution in [0.3, 0.4) is 0 Å². The average Bonchev–Trinajstić information content (AvgIpc) is 2.71. The summed E-state index contributed by atoms with van der Waals surface area (Å²) in [5.74, 6) is 2.48. The van der Waals surface area contributed by atoms with E-state index >= 15 is 0 Å². The van der Waals surface area contributed by atoms with Gasteiger partial charge in [0.05, 0.1) is 19.7 Å². The highest BCUT2D eigenvalue weighted by Crippen LogP contribution is 2.12. The summed E-state index contributed by atoms with van der Waals surface area (Å²) in [6.45, 7) is 5.81. The van der Waals surface area contributed by atoms with Gasteiger partial charge in [0.25, 0.3) is 0 Å². The number of guanidine groups is 1. The van der Waals surface area contributed by atoms with E-state index in [-0.39, 0.29) is 24.0 Å². The van der Waals surface area contributed by atoms with Crippen molar-refractivity contribution in [2.45, 2.75) is 13.5 Å². The van der Waals surface area contributed by atoms with Crippen LogP contribution in [0.15, 0.2) is 59.6 Å². The molecule has 0 saturated carbocycles. The monoisotopic (exact) mass is 499 g/mol. The maximum atomic E-state index is 5.68. The van der Waals surface area contributed by atoms with E-state index < -0.39 is 0 Å². The Labute approximate surface area is 184 Å². The Morgan fingerprint density at radius 2 is 1.54 bits per heavy atom. The van der Waals surface area contributed by atoms with Crippen molar-refractivity contribution in [3.63, 3.8) is 0 Å². The Bertz CT molecular complexity index is 666. The van der Waals surface area contributed by atoms with Gasteiger partial charge in [0.2, 0.25) is 0 Å². The quantitative estimate of drug-likeness (QED) is 0.215. The topological polar surface area (TPSA) is 64.1 Å². The first-order valence-electron chi connectivity index (χ1n) is 9.22. The molecule has 0 atom stereocenters. The number of hydrogen-bond acceptors (Lipinski definition) is 4. The van der Waals surface area contributed by atoms with E-state index in [4.69, 9.17) is 14.2 Å². The normalized spacial score (nSPS) is 10.7. The Hall–Kier alpha value is -2.00. The summed E-state index contributed by atoms with van der Waals surface area (Å²) in [6, 6.07) is 17.7. The molecule has 2 aromatic carbocycles. The van der Waals surface area contributed by atoms with Crippen LogP contribution in [0.4, 0.5) is 0 Å². The van der Waals surface area contributed by atoms with Crippen molar-refractivity contribution in [1.82, 2.24) is 10.6 Å². The molecule has 154 valence electrons. The number of methoxy groups -OCH3 is 1. The highest BCUT2D eigenvalue weighted by Gasteiger charge is 1.99. The van der Waals surface area contributed by atoms with Gasteiger partial charge in [0.15, 0.2) is 5.96 Å². The first kappa shape index (κ1) is 24.0. The minimum Gasteiger partial charge on any atom is -0.492 e. The maximum absolute atomic E-state index is 5.68. The van der Waals surface area contributed by atoms with Crippen LogP contribution in [0.2, 0.25) is 0 Å². The van der Waals surface area contributed by atoms with Gasteiger partial charge < -0.3 is 24.8 Å². The van der Waals surface area contributed by atoms with Crippen LogP contribution in [-0.4, -0.2) is 46.0 Å². The van der Waals surface area contributed by atoms with Crippen LogP contribution in [0.5, 0.6) is 11.5 Å². The summed E-state index contributed by atoms with van der Waals surface area (Å²) in [6.07, 6.45) is 0. The van der Waals surface area contributed by atoms with Crippen LogP contribution in [-0.2, 0) is 11.3 Å². The van der Waals surface area contributed by atoms with Crippen LogP contribution in [0, 0.1) is 0 Å². The van der Waals surface area contributed by atoms with E-state index in [1.807, 2.05) is 61.5 Å². The van der Waals surface area contributed by atoms with Crippen molar-refractivity contribution in [3.8, 4) is 11.5 Å². The predicted octanol–water partition coefficient (Wildman–Crippen LogP) is 3.46. The van der Waals surface area contributed by atoms with Gasteiger partial charge in [0.1, 0.15) is 24.7 Å². The number of nitrogens with one attached hydrogen (secondary N) is 2. The largest absolute Gasteiger partial charge is 0.492 e. The Balaban J connectivity index is 0.00000392. The van der Waals surface area contributed by atoms with E-state index in [1.54, 1.807) is 7.11 Å². The van der Waals surface area contributed by atoms with Gasteiger partial charge in [-0.05, 0) is 36.8 Å². The molecule has 0 amide bonds. The third-order valence-corrected chi connectivity index (χ3v) is 3.65. The number of benzene rings is 2. The smallest absolute Gasteiger partial charge is 0.191 e. The lowest BCUT2D eigenvalue weighted by Gasteiger charge is -2.12. The van der Waals surface area contributed by atoms with Crippen molar-refractivity contribution < 1.29 is 14.2 Å². The van der Waals surface area contributed by atoms with E-state index in [9.17, 15) is 0 Å². The van der Waals surface area contributed by atoms with Gasteiger partial charge in [0, 0.05) is 13.7 Å². The Morgan fingerprint density at radius 1 is 0.857 bits per heavy atom. The molecule has 6 nitrogen and oxygen atoms in total. The summed E-state index contributed by atoms with van der Waals surface area (Å²) in [5.41, 5.74) is 1.12. The molecule has 2 aromatic rings. The third-order valence-electron chi connectivity index (χ3n) is 3.65. The molecule has 0 radical (unpaired) electrons. The fourth-order valence-electron chi connectivity index (χ4n) is 2.30. The minimum absolute atomic E-state index is 0. The van der Waals surface area contributed by atoms with Gasteiger partial charge in [-0.3, -0.25) is 0 Å². The fraction of sp³-hybridized carbons (Fsp3) is 0.381. The SMILES string of the molecule is CCNC(=NCc1ccc(OCCOC)cc1)NCCOc1ccccc1.I. The molecule has 28 heavy (non-hydrogen) atoms. The highest BCUT2D eigenvalue weighted by molar-refractivity contribution is 14.0. The number of ether oxygens (including phenoxy) is 3. The predicted molar refractivity (Wildman–Crippen MR) is 124 cm³/mol. The summed E-state index contributed by atoms with van der Waals surface area (Å²) in [7, 11) is 1.66. The molecular weight excluding hydrogens is 469 g/mol. The number of rotatable bonds is 11. The van der Waals surface area contributed by atoms with E-state index in [0.717, 1.165) is 29.6 Å². The first-order valence-corrected chi connectivity index (χ1v) is 9.22. The summed E-state index contributed by atoms with van der Waals surface area (Å²) >= 11 is 0. The summed E-state index contributed by atoms with van der Waals surface area (Å²) in [4.78, 5) is 4.61. The van der Waals surface area contributed by atoms with Crippen LogP contribution < -0.4 is 20.1 Å². The minimum atomic E-state index is 0. The van der Waals surface area contributed by atoms with Crippen molar-refractivity contribution in [2.24, 2.45) is 4.99 Å². The van der Waals surface area contributed by atoms with Crippen molar-refractivity contribution >= 4 is 29.9 Å². The van der Waals surface area contributed by atoms with E-state index in [2.05, 4.69) is 15.6 Å². The van der Waals surface area contributed by atoms with Crippen molar-refractivity contribution in [3.05, 3.63) is 60.2 Å². The van der Waals surface area contributed by atoms with Gasteiger partial charge in [-0.1, -0.05) is 30.3 Å². The number of nitrogens with zero attached hydrogens (tertiary/aromatic N) is 1. The van der Waals surface area contributed by atoms with E-state index in [1.165, 1.54) is 0 Å². The standard InChI is InChI=1S/C21H29N3O3.HI/c1-3-22-21(23-13-14-26-19-7-5-4-6-8-19)24-17-18-9-11-20(12-10-18)27-16-15-25-2;/h4-12H,3,13-17H2,1-2H3,(H2,22,23,24);1H. The molecule has 0 aliphatic rings. The molecule has 0 saturated heterocycles. The first-order chi connectivity index (χ1) is 13.3. The molecule has 0 fully saturated rings. The zero-order chi connectivity index (χ0) is 19.2. The third kappa shape index (κ3) is 9.80. The van der Waals surface area contributed by atoms with Gasteiger partial charge >= 0.3 is 0 Å². The summed E-state index contributed by atoms with van der Waals surface area (Å²) < 4.78 is 16.2. The molecule has 2 rings (SSSR count). The number of halogens is 1. The van der Waals surface area contributed by atoms with E-state index in [0.29, 0.717) is 32.9 Å². The molecule has 7 heteroatoms. The van der Waals surface area contributed by atoms with Gasteiger partial charge in [-0.15, -0.1) is 24.0 Å². The summed E-state index contributed by atoms with van der Waals surface area (Å²) in [5, 5.41) is 6.52. The molecule has 2 N–H and O–H groups in total. The molecule has 0 spiro atoms. The Kier molecular flexibility index (Phi) is 12.9. The second-order valence-corrected chi connectivity index (χ2v) is 5.77. The lowest BCUT2D eigenvalue weighted by molar-refractivity contribution is 0.146. The molecule has 0 heterocycles. The molecule has 0 aliphatic carbocycles. The molecule has 0 bridgehead atoms. The maximum Gasteiger partial charge on any atom is 0.191 e. The number of hydrogen-bond donors (Lipinski definition) is 2. The fourth-order valence-corrected chi connectivity index (χ4v) is 2.30. The highest BCUT2D eigenvalue weighted by atomic mass is 127. The zero-order valence-electron chi connectivity index (χ0n) is 16.5. The Morgan fingerprint density at radius 3 is 2.21 bits per heavy atom. The second kappa shape index (κ2) is 15.0. The average molecular weight is 499 g/mol. The number of para-hydroxylation sites is 1. The lowest BCUT2D eigenvalue weighted by Crippen LogP contribution is -2.39. The van der Waals surface area contributed by atoms with Gasteiger partial charge in [-0.2, -0.15) is 0 Å². The number of aliphatic imine (C=N–C) groups is 1.